The van der Waals surface area contributed by atoms with Gasteiger partial charge in [-0.25, -0.2) is 4.79 Å². The molecule has 0 rings (SSSR count). The largest absolute Gasteiger partial charge is 0.481 e. The third-order valence-corrected chi connectivity index (χ3v) is 6.01. The molecule has 0 aliphatic carbocycles. The normalized spacial score (nSPS) is 16.0. The zero-order valence-electron chi connectivity index (χ0n) is 17.5. The van der Waals surface area contributed by atoms with Gasteiger partial charge < -0.3 is 20.1 Å². The summed E-state index contributed by atoms with van der Waals surface area (Å²) in [6, 6.07) is 0. The maximum atomic E-state index is 12.6. The number of hydrogen-bond acceptors (Lipinski definition) is 5. The van der Waals surface area contributed by atoms with E-state index in [9.17, 15) is 34.5 Å². The molecule has 28 heavy (non-hydrogen) atoms. The molecule has 8 heteroatoms. The van der Waals surface area contributed by atoms with E-state index in [2.05, 4.69) is 0 Å². The Hall–Kier alpha value is -1.96. The minimum atomic E-state index is -2.74. The van der Waals surface area contributed by atoms with E-state index in [1.165, 1.54) is 20.8 Å². The summed E-state index contributed by atoms with van der Waals surface area (Å²) in [5, 5.41) is 30.3. The standard InChI is InChI=1S/C20H34O8/c1-6-10-11-12-13-28-20(17(26)27,18(7-2,8-3)15(22)23)19(9-4,14(5)21)16(24)25/h6-13H2,1-5H3,(H,22,23)(H,24,25)(H,26,27). The first-order chi connectivity index (χ1) is 13.0. The summed E-state index contributed by atoms with van der Waals surface area (Å²) in [5.74, 6) is -5.86. The highest BCUT2D eigenvalue weighted by Gasteiger charge is 2.75. The highest BCUT2D eigenvalue weighted by atomic mass is 16.5. The number of hydrogen-bond donors (Lipinski definition) is 3. The van der Waals surface area contributed by atoms with Crippen LogP contribution in [0.5, 0.6) is 0 Å². The number of carboxylic acid groups (broad SMARTS) is 3. The first kappa shape index (κ1) is 26.0. The molecule has 2 atom stereocenters. The summed E-state index contributed by atoms with van der Waals surface area (Å²) in [5.41, 5.74) is -7.37. The van der Waals surface area contributed by atoms with Crippen molar-refractivity contribution in [1.82, 2.24) is 0 Å². The number of Topliss-reactive ketones (excluding diaryl/α,β-unsaturated/α-hetero) is 1. The lowest BCUT2D eigenvalue weighted by molar-refractivity contribution is -0.235. The molecule has 8 nitrogen and oxygen atoms in total. The summed E-state index contributed by atoms with van der Waals surface area (Å²) in [4.78, 5) is 49.9. The maximum absolute atomic E-state index is 12.6. The predicted octanol–water partition coefficient (Wildman–Crippen LogP) is 3.37. The molecule has 162 valence electrons. The Morgan fingerprint density at radius 2 is 1.29 bits per heavy atom. The third-order valence-electron chi connectivity index (χ3n) is 6.01. The fourth-order valence-corrected chi connectivity index (χ4v) is 4.27. The zero-order chi connectivity index (χ0) is 22.2. The van der Waals surface area contributed by atoms with Crippen molar-refractivity contribution in [2.45, 2.75) is 85.2 Å². The lowest BCUT2D eigenvalue weighted by Gasteiger charge is -2.51. The summed E-state index contributed by atoms with van der Waals surface area (Å²) < 4.78 is 5.74. The Labute approximate surface area is 166 Å². The minimum absolute atomic E-state index is 0.149. The van der Waals surface area contributed by atoms with Gasteiger partial charge in [0.2, 0.25) is 5.60 Å². The number of carbonyl (C=O) groups is 4. The van der Waals surface area contributed by atoms with Crippen LogP contribution in [-0.2, 0) is 23.9 Å². The van der Waals surface area contributed by atoms with Crippen LogP contribution in [0.4, 0.5) is 0 Å². The molecule has 0 aromatic heterocycles. The summed E-state index contributed by atoms with van der Waals surface area (Å²) in [6.45, 7) is 7.13. The Morgan fingerprint density at radius 3 is 1.57 bits per heavy atom. The van der Waals surface area contributed by atoms with Crippen LogP contribution < -0.4 is 0 Å². The average molecular weight is 402 g/mol. The minimum Gasteiger partial charge on any atom is -0.481 e. The average Bonchev–Trinajstić information content (AvgIpc) is 2.61. The van der Waals surface area contributed by atoms with Crippen molar-refractivity contribution >= 4 is 23.7 Å². The number of unbranched alkanes of at least 4 members (excludes halogenated alkanes) is 3. The van der Waals surface area contributed by atoms with Gasteiger partial charge in [-0.15, -0.1) is 0 Å². The van der Waals surface area contributed by atoms with Crippen LogP contribution in [0.1, 0.15) is 79.6 Å². The molecule has 0 aliphatic heterocycles. The molecule has 0 fully saturated rings. The lowest BCUT2D eigenvalue weighted by Crippen LogP contribution is -2.72. The number of ether oxygens (including phenoxy) is 1. The van der Waals surface area contributed by atoms with Crippen molar-refractivity contribution in [3.05, 3.63) is 0 Å². The molecule has 3 N–H and O–H groups in total. The van der Waals surface area contributed by atoms with Crippen LogP contribution in [0.15, 0.2) is 0 Å². The van der Waals surface area contributed by atoms with Gasteiger partial charge in [-0.2, -0.15) is 0 Å². The second-order valence-corrected chi connectivity index (χ2v) is 7.11. The van der Waals surface area contributed by atoms with Gasteiger partial charge in [0.25, 0.3) is 0 Å². The van der Waals surface area contributed by atoms with Crippen LogP contribution in [0.2, 0.25) is 0 Å². The number of ketones is 1. The maximum Gasteiger partial charge on any atom is 0.338 e. The third kappa shape index (κ3) is 3.92. The Bertz CT molecular complexity index is 565. The van der Waals surface area contributed by atoms with Crippen molar-refractivity contribution < 1.29 is 39.2 Å². The van der Waals surface area contributed by atoms with Crippen molar-refractivity contribution in [2.75, 3.05) is 6.61 Å². The van der Waals surface area contributed by atoms with Crippen molar-refractivity contribution in [2.24, 2.45) is 10.8 Å². The van der Waals surface area contributed by atoms with E-state index in [1.807, 2.05) is 6.92 Å². The van der Waals surface area contributed by atoms with E-state index < -0.39 is 46.5 Å². The van der Waals surface area contributed by atoms with Gasteiger partial charge in [0.05, 0.1) is 0 Å². The van der Waals surface area contributed by atoms with Gasteiger partial charge in [0.1, 0.15) is 5.41 Å². The first-order valence-electron chi connectivity index (χ1n) is 9.87. The number of carboxylic acids is 3. The van der Waals surface area contributed by atoms with Gasteiger partial charge >= 0.3 is 17.9 Å². The van der Waals surface area contributed by atoms with Gasteiger partial charge in [0, 0.05) is 6.61 Å². The predicted molar refractivity (Wildman–Crippen MR) is 102 cm³/mol. The highest BCUT2D eigenvalue weighted by molar-refractivity contribution is 6.10. The second kappa shape index (κ2) is 10.5. The van der Waals surface area contributed by atoms with Crippen LogP contribution >= 0.6 is 0 Å². The molecular formula is C20H34O8. The fraction of sp³-hybridized carbons (Fsp3) is 0.800. The Kier molecular flexibility index (Phi) is 9.81. The van der Waals surface area contributed by atoms with Gasteiger partial charge in [-0.05, 0) is 32.6 Å². The quantitative estimate of drug-likeness (QED) is 0.280. The van der Waals surface area contributed by atoms with Crippen molar-refractivity contribution in [3.8, 4) is 0 Å². The molecule has 0 saturated carbocycles. The van der Waals surface area contributed by atoms with Crippen LogP contribution in [0.25, 0.3) is 0 Å². The van der Waals surface area contributed by atoms with E-state index in [1.54, 1.807) is 0 Å². The lowest BCUT2D eigenvalue weighted by atomic mass is 9.53. The van der Waals surface area contributed by atoms with E-state index >= 15 is 0 Å². The van der Waals surface area contributed by atoms with Gasteiger partial charge in [0.15, 0.2) is 11.2 Å². The van der Waals surface area contributed by atoms with E-state index in [-0.39, 0.29) is 19.4 Å². The van der Waals surface area contributed by atoms with E-state index in [0.29, 0.717) is 6.42 Å². The van der Waals surface area contributed by atoms with E-state index in [0.717, 1.165) is 26.2 Å². The van der Waals surface area contributed by atoms with Crippen molar-refractivity contribution in [3.63, 3.8) is 0 Å². The van der Waals surface area contributed by atoms with Crippen molar-refractivity contribution in [1.29, 1.82) is 0 Å². The zero-order valence-corrected chi connectivity index (χ0v) is 17.5. The molecule has 0 bridgehead atoms. The second-order valence-electron chi connectivity index (χ2n) is 7.11. The Balaban J connectivity index is 6.93. The topological polar surface area (TPSA) is 138 Å². The molecule has 0 spiro atoms. The SMILES string of the molecule is CCCCCCOC(C(=O)O)(C(CC)(CC)C(=O)O)C(CC)(C(C)=O)C(=O)O. The van der Waals surface area contributed by atoms with E-state index in [4.69, 9.17) is 4.74 Å². The summed E-state index contributed by atoms with van der Waals surface area (Å²) >= 11 is 0. The Morgan fingerprint density at radius 1 is 0.750 bits per heavy atom. The molecular weight excluding hydrogens is 368 g/mol. The number of rotatable bonds is 15. The summed E-state index contributed by atoms with van der Waals surface area (Å²) in [6.07, 6.45) is 2.13. The first-order valence-corrected chi connectivity index (χ1v) is 9.87. The highest BCUT2D eigenvalue weighted by Crippen LogP contribution is 2.54. The molecule has 0 radical (unpaired) electrons. The molecule has 0 amide bonds. The number of aliphatic carboxylic acids is 3. The molecule has 0 heterocycles. The monoisotopic (exact) mass is 402 g/mol. The molecule has 2 unspecified atom stereocenters. The smallest absolute Gasteiger partial charge is 0.338 e. The molecule has 0 aromatic carbocycles. The van der Waals surface area contributed by atoms with Crippen LogP contribution in [0.3, 0.4) is 0 Å². The summed E-state index contributed by atoms with van der Waals surface area (Å²) in [7, 11) is 0. The van der Waals surface area contributed by atoms with Crippen LogP contribution in [0, 0.1) is 10.8 Å². The van der Waals surface area contributed by atoms with Gasteiger partial charge in [-0.3, -0.25) is 14.4 Å². The fourth-order valence-electron chi connectivity index (χ4n) is 4.27. The molecule has 0 aliphatic rings. The number of carbonyl (C=O) groups excluding carboxylic acids is 1. The van der Waals surface area contributed by atoms with Gasteiger partial charge in [-0.1, -0.05) is 47.0 Å². The molecule has 0 saturated heterocycles. The van der Waals surface area contributed by atoms with Crippen LogP contribution in [-0.4, -0.2) is 51.2 Å². The molecule has 0 aromatic rings.